The largest absolute Gasteiger partial charge is 0.309 e. The molecule has 0 amide bonds. The van der Waals surface area contributed by atoms with Gasteiger partial charge in [-0.25, -0.2) is 0 Å². The van der Waals surface area contributed by atoms with Crippen molar-refractivity contribution >= 4 is 27.8 Å². The molecule has 10 aromatic rings. The number of benzene rings is 10. The molecule has 0 aromatic heterocycles. The molecule has 1 nitrogen and oxygen atoms in total. The van der Waals surface area contributed by atoms with E-state index in [9.17, 15) is 0 Å². The summed E-state index contributed by atoms with van der Waals surface area (Å²) < 4.78 is 0. The Balaban J connectivity index is 1.18. The first-order chi connectivity index (χ1) is 29.3. The number of para-hydroxylation sites is 2. The van der Waals surface area contributed by atoms with Crippen LogP contribution >= 0.6 is 0 Å². The number of anilines is 3. The highest BCUT2D eigenvalue weighted by Crippen LogP contribution is 2.48. The molecule has 0 aliphatic heterocycles. The lowest BCUT2D eigenvalue weighted by atomic mass is 9.88. The van der Waals surface area contributed by atoms with E-state index in [2.05, 4.69) is 254 Å². The first-order valence-electron chi connectivity index (χ1n) is 20.3. The van der Waals surface area contributed by atoms with Crippen molar-refractivity contribution in [2.75, 3.05) is 4.90 Å². The standard InChI is InChI=1S/C58H41N/c1-3-19-42(20-4-1)43-37-39-46(40-38-43)52-29-13-15-35-57(52)59(48-26-17-25-47(41-48)51-34-18-24-45-23-7-8-27-49(45)51)58-36-16-14-33-56(58)55-32-12-11-31-54(55)53-30-10-9-28-50(53)44-21-5-2-6-22-44/h1-41H. The normalized spacial score (nSPS) is 11.1. The zero-order chi connectivity index (χ0) is 39.4. The van der Waals surface area contributed by atoms with Crippen LogP contribution in [0, 0.1) is 0 Å². The fourth-order valence-corrected chi connectivity index (χ4v) is 8.52. The van der Waals surface area contributed by atoms with Crippen LogP contribution in [0.3, 0.4) is 0 Å². The highest BCUT2D eigenvalue weighted by Gasteiger charge is 2.23. The third-order valence-electron chi connectivity index (χ3n) is 11.3. The van der Waals surface area contributed by atoms with Crippen molar-refractivity contribution in [3.63, 3.8) is 0 Å². The second kappa shape index (κ2) is 16.0. The van der Waals surface area contributed by atoms with Crippen LogP contribution in [-0.4, -0.2) is 0 Å². The van der Waals surface area contributed by atoms with Crippen LogP contribution in [0.1, 0.15) is 0 Å². The molecule has 0 unspecified atom stereocenters. The Morgan fingerprint density at radius 1 is 0.220 bits per heavy atom. The molecule has 0 radical (unpaired) electrons. The summed E-state index contributed by atoms with van der Waals surface area (Å²) in [6.45, 7) is 0. The van der Waals surface area contributed by atoms with Crippen molar-refractivity contribution in [1.29, 1.82) is 0 Å². The van der Waals surface area contributed by atoms with Crippen LogP contribution < -0.4 is 4.90 Å². The lowest BCUT2D eigenvalue weighted by Crippen LogP contribution is -2.12. The molecule has 10 rings (SSSR count). The van der Waals surface area contributed by atoms with Gasteiger partial charge in [0.05, 0.1) is 11.4 Å². The Kier molecular flexibility index (Phi) is 9.68. The van der Waals surface area contributed by atoms with E-state index in [0.29, 0.717) is 0 Å². The minimum Gasteiger partial charge on any atom is -0.309 e. The van der Waals surface area contributed by atoms with E-state index < -0.39 is 0 Å². The average molecular weight is 752 g/mol. The van der Waals surface area contributed by atoms with Gasteiger partial charge >= 0.3 is 0 Å². The summed E-state index contributed by atoms with van der Waals surface area (Å²) in [5.41, 5.74) is 17.5. The molecule has 10 aromatic carbocycles. The second-order valence-corrected chi connectivity index (χ2v) is 14.8. The van der Waals surface area contributed by atoms with Gasteiger partial charge < -0.3 is 4.90 Å². The molecule has 0 saturated heterocycles. The van der Waals surface area contributed by atoms with E-state index in [1.165, 1.54) is 60.8 Å². The van der Waals surface area contributed by atoms with Crippen molar-refractivity contribution in [2.45, 2.75) is 0 Å². The zero-order valence-electron chi connectivity index (χ0n) is 32.6. The molecule has 0 bridgehead atoms. The lowest BCUT2D eigenvalue weighted by Gasteiger charge is -2.31. The SMILES string of the molecule is c1ccc(-c2ccc(-c3ccccc3N(c3cccc(-c4cccc5ccccc45)c3)c3ccccc3-c3ccccc3-c3ccccc3-c3ccccc3)cc2)cc1. The van der Waals surface area contributed by atoms with Crippen LogP contribution in [0.5, 0.6) is 0 Å². The van der Waals surface area contributed by atoms with Crippen molar-refractivity contribution in [2.24, 2.45) is 0 Å². The van der Waals surface area contributed by atoms with Gasteiger partial charge in [0.2, 0.25) is 0 Å². The van der Waals surface area contributed by atoms with Crippen LogP contribution in [0.15, 0.2) is 249 Å². The third-order valence-corrected chi connectivity index (χ3v) is 11.3. The maximum absolute atomic E-state index is 2.46. The smallest absolute Gasteiger partial charge is 0.0540 e. The van der Waals surface area contributed by atoms with Crippen LogP contribution in [0.2, 0.25) is 0 Å². The number of fused-ring (bicyclic) bond motifs is 1. The van der Waals surface area contributed by atoms with Crippen LogP contribution in [-0.2, 0) is 0 Å². The Morgan fingerprint density at radius 3 is 1.34 bits per heavy atom. The van der Waals surface area contributed by atoms with Gasteiger partial charge in [0.15, 0.2) is 0 Å². The number of rotatable bonds is 9. The van der Waals surface area contributed by atoms with Gasteiger partial charge in [-0.2, -0.15) is 0 Å². The van der Waals surface area contributed by atoms with E-state index >= 15 is 0 Å². The Hall–Kier alpha value is -7.74. The van der Waals surface area contributed by atoms with E-state index in [-0.39, 0.29) is 0 Å². The van der Waals surface area contributed by atoms with Gasteiger partial charge in [0, 0.05) is 16.8 Å². The molecule has 0 heterocycles. The summed E-state index contributed by atoms with van der Waals surface area (Å²) in [7, 11) is 0. The predicted octanol–water partition coefficient (Wildman–Crippen LogP) is 16.3. The number of hydrogen-bond acceptors (Lipinski definition) is 1. The molecule has 278 valence electrons. The van der Waals surface area contributed by atoms with Gasteiger partial charge in [-0.1, -0.05) is 224 Å². The van der Waals surface area contributed by atoms with Crippen molar-refractivity contribution in [3.05, 3.63) is 249 Å². The molecule has 1 heteroatoms. The predicted molar refractivity (Wildman–Crippen MR) is 251 cm³/mol. The van der Waals surface area contributed by atoms with E-state index in [4.69, 9.17) is 0 Å². The number of hydrogen-bond donors (Lipinski definition) is 0. The second-order valence-electron chi connectivity index (χ2n) is 14.8. The molecule has 0 N–H and O–H groups in total. The van der Waals surface area contributed by atoms with Gasteiger partial charge in [0.25, 0.3) is 0 Å². The fourth-order valence-electron chi connectivity index (χ4n) is 8.52. The molecule has 0 aliphatic rings. The summed E-state index contributed by atoms with van der Waals surface area (Å²) in [5.74, 6) is 0. The Morgan fingerprint density at radius 2 is 0.627 bits per heavy atom. The summed E-state index contributed by atoms with van der Waals surface area (Å²) in [4.78, 5) is 2.46. The van der Waals surface area contributed by atoms with Crippen molar-refractivity contribution in [3.8, 4) is 66.8 Å². The topological polar surface area (TPSA) is 3.24 Å². The molecule has 0 aliphatic carbocycles. The average Bonchev–Trinajstić information content (AvgIpc) is 3.32. The number of nitrogens with zero attached hydrogens (tertiary/aromatic N) is 1. The van der Waals surface area contributed by atoms with E-state index in [1.807, 2.05) is 0 Å². The molecule has 0 fully saturated rings. The Labute approximate surface area is 346 Å². The molecule has 0 atom stereocenters. The van der Waals surface area contributed by atoms with Crippen molar-refractivity contribution < 1.29 is 0 Å². The molecule has 0 spiro atoms. The minimum atomic E-state index is 1.08. The third kappa shape index (κ3) is 7.01. The van der Waals surface area contributed by atoms with Gasteiger partial charge in [0.1, 0.15) is 0 Å². The summed E-state index contributed by atoms with van der Waals surface area (Å²) >= 11 is 0. The summed E-state index contributed by atoms with van der Waals surface area (Å²) in [6, 6.07) is 89.9. The quantitative estimate of drug-likeness (QED) is 0.142. The zero-order valence-corrected chi connectivity index (χ0v) is 32.6. The highest BCUT2D eigenvalue weighted by molar-refractivity contribution is 6.01. The van der Waals surface area contributed by atoms with Gasteiger partial charge in [-0.3, -0.25) is 0 Å². The Bertz CT molecular complexity index is 3030. The fraction of sp³-hybridized carbons (Fsp3) is 0. The molecule has 0 saturated carbocycles. The first kappa shape index (κ1) is 35.7. The van der Waals surface area contributed by atoms with Gasteiger partial charge in [-0.15, -0.1) is 0 Å². The van der Waals surface area contributed by atoms with E-state index in [0.717, 1.165) is 33.8 Å². The molecular formula is C58H41N. The first-order valence-corrected chi connectivity index (χ1v) is 20.3. The minimum absolute atomic E-state index is 1.08. The monoisotopic (exact) mass is 751 g/mol. The summed E-state index contributed by atoms with van der Waals surface area (Å²) in [5, 5.41) is 2.47. The molecular weight excluding hydrogens is 711 g/mol. The molecule has 59 heavy (non-hydrogen) atoms. The van der Waals surface area contributed by atoms with Crippen LogP contribution in [0.4, 0.5) is 17.1 Å². The maximum Gasteiger partial charge on any atom is 0.0540 e. The van der Waals surface area contributed by atoms with Gasteiger partial charge in [-0.05, 0) is 90.7 Å². The lowest BCUT2D eigenvalue weighted by molar-refractivity contribution is 1.28. The van der Waals surface area contributed by atoms with E-state index in [1.54, 1.807) is 0 Å². The summed E-state index contributed by atoms with van der Waals surface area (Å²) in [6.07, 6.45) is 0. The maximum atomic E-state index is 2.46. The van der Waals surface area contributed by atoms with Crippen molar-refractivity contribution in [1.82, 2.24) is 0 Å². The van der Waals surface area contributed by atoms with Crippen LogP contribution in [0.25, 0.3) is 77.5 Å². The highest BCUT2D eigenvalue weighted by atomic mass is 15.1.